The average molecular weight is 477 g/mol. The predicted octanol–water partition coefficient (Wildman–Crippen LogP) is 5.89. The van der Waals surface area contributed by atoms with Crippen molar-refractivity contribution in [2.24, 2.45) is 5.92 Å². The molecule has 0 bridgehead atoms. The van der Waals surface area contributed by atoms with Crippen LogP contribution in [0.1, 0.15) is 53.6 Å². The number of benzene rings is 1. The topological polar surface area (TPSA) is 87.1 Å². The number of aliphatic carboxylic acids is 1. The van der Waals surface area contributed by atoms with E-state index in [9.17, 15) is 9.18 Å². The summed E-state index contributed by atoms with van der Waals surface area (Å²) in [5, 5.41) is 9.46. The van der Waals surface area contributed by atoms with E-state index in [1.54, 1.807) is 24.5 Å². The first-order valence-corrected chi connectivity index (χ1v) is 11.4. The highest BCUT2D eigenvalue weighted by atomic mass is 35.5. The average Bonchev–Trinajstić information content (AvgIpc) is 3.17. The number of alkyl halides is 1. The Morgan fingerprint density at radius 1 is 1.15 bits per heavy atom. The van der Waals surface area contributed by atoms with E-state index in [2.05, 4.69) is 20.8 Å². The van der Waals surface area contributed by atoms with E-state index in [0.717, 1.165) is 47.6 Å². The number of carboxylic acid groups (broad SMARTS) is 1. The van der Waals surface area contributed by atoms with E-state index in [1.165, 1.54) is 6.08 Å². The molecule has 3 N–H and O–H groups in total. The molecule has 1 fully saturated rings. The normalized spacial score (nSPS) is 18.2. The minimum absolute atomic E-state index is 0.264. The van der Waals surface area contributed by atoms with Gasteiger partial charge in [0.05, 0.1) is 22.1 Å². The smallest absolute Gasteiger partial charge is 0.328 e. The van der Waals surface area contributed by atoms with Crippen molar-refractivity contribution in [2.45, 2.75) is 25.6 Å². The largest absolute Gasteiger partial charge is 0.478 e. The molecule has 1 aromatic carbocycles. The summed E-state index contributed by atoms with van der Waals surface area (Å²) in [5.41, 5.74) is 11.5. The number of hydrazine groups is 1. The standard InChI is InChI=1S/C26H22ClFN4O2/c27-20-5-2-12-29-25(20)24(15-3-1-4-15)23(16-7-10-21-19(13-16)26(28)32-31-21)17-6-8-18(30-14-17)9-11-22(33)34/h2,5-15,26,31-32H,1,3-4H2,(H,33,34)/b11-9+,24-23-. The first kappa shape index (κ1) is 22.3. The van der Waals surface area contributed by atoms with Gasteiger partial charge in [-0.25, -0.2) is 14.6 Å². The molecule has 5 rings (SSSR count). The third-order valence-electron chi connectivity index (χ3n) is 6.21. The second kappa shape index (κ2) is 9.37. The molecule has 2 aliphatic rings. The zero-order valence-corrected chi connectivity index (χ0v) is 18.9. The van der Waals surface area contributed by atoms with Gasteiger partial charge in [-0.3, -0.25) is 9.97 Å². The maximum absolute atomic E-state index is 14.5. The van der Waals surface area contributed by atoms with Crippen LogP contribution in [0.2, 0.25) is 5.02 Å². The third kappa shape index (κ3) is 4.32. The third-order valence-corrected chi connectivity index (χ3v) is 6.52. The number of hydrogen-bond donors (Lipinski definition) is 3. The monoisotopic (exact) mass is 476 g/mol. The zero-order chi connectivity index (χ0) is 23.7. The van der Waals surface area contributed by atoms with Crippen LogP contribution in [0.3, 0.4) is 0 Å². The van der Waals surface area contributed by atoms with Crippen molar-refractivity contribution < 1.29 is 14.3 Å². The van der Waals surface area contributed by atoms with Crippen LogP contribution in [0.4, 0.5) is 10.1 Å². The second-order valence-electron chi connectivity index (χ2n) is 8.33. The van der Waals surface area contributed by atoms with Crippen molar-refractivity contribution in [3.8, 4) is 0 Å². The van der Waals surface area contributed by atoms with E-state index in [4.69, 9.17) is 16.7 Å². The summed E-state index contributed by atoms with van der Waals surface area (Å²) in [7, 11) is 0. The van der Waals surface area contributed by atoms with Gasteiger partial charge in [0.1, 0.15) is 0 Å². The van der Waals surface area contributed by atoms with Crippen LogP contribution in [0, 0.1) is 5.92 Å². The minimum atomic E-state index is -1.32. The number of anilines is 1. The van der Waals surface area contributed by atoms with Crippen molar-refractivity contribution in [3.05, 3.63) is 94.0 Å². The molecule has 2 aromatic heterocycles. The summed E-state index contributed by atoms with van der Waals surface area (Å²) in [6, 6.07) is 12.9. The van der Waals surface area contributed by atoms with Crippen molar-refractivity contribution in [1.82, 2.24) is 15.4 Å². The highest BCUT2D eigenvalue weighted by molar-refractivity contribution is 6.32. The number of fused-ring (bicyclic) bond motifs is 1. The van der Waals surface area contributed by atoms with Crippen molar-refractivity contribution in [1.29, 1.82) is 0 Å². The molecular weight excluding hydrogens is 455 g/mol. The molecule has 8 heteroatoms. The van der Waals surface area contributed by atoms with Crippen LogP contribution in [0.15, 0.2) is 60.9 Å². The molecule has 3 aromatic rings. The van der Waals surface area contributed by atoms with Crippen LogP contribution in [-0.2, 0) is 4.79 Å². The lowest BCUT2D eigenvalue weighted by molar-refractivity contribution is -0.131. The van der Waals surface area contributed by atoms with Crippen LogP contribution < -0.4 is 10.9 Å². The molecule has 0 amide bonds. The number of carbonyl (C=O) groups is 1. The number of nitrogens with zero attached hydrogens (tertiary/aromatic N) is 2. The lowest BCUT2D eigenvalue weighted by atomic mass is 9.74. The zero-order valence-electron chi connectivity index (χ0n) is 18.1. The Kier molecular flexibility index (Phi) is 6.13. The van der Waals surface area contributed by atoms with E-state index >= 15 is 0 Å². The Morgan fingerprint density at radius 3 is 2.65 bits per heavy atom. The summed E-state index contributed by atoms with van der Waals surface area (Å²) in [4.78, 5) is 19.9. The number of carboxylic acids is 1. The molecule has 3 heterocycles. The number of halogens is 2. The van der Waals surface area contributed by atoms with E-state index in [0.29, 0.717) is 27.7 Å². The molecule has 1 aliphatic carbocycles. The van der Waals surface area contributed by atoms with Gasteiger partial charge in [-0.15, -0.1) is 0 Å². The number of pyridine rings is 2. The Labute approximate surface area is 201 Å². The van der Waals surface area contributed by atoms with Gasteiger partial charge in [0.25, 0.3) is 0 Å². The van der Waals surface area contributed by atoms with Gasteiger partial charge in [-0.05, 0) is 71.9 Å². The Balaban J connectivity index is 1.72. The molecule has 1 saturated carbocycles. The maximum Gasteiger partial charge on any atom is 0.328 e. The first-order chi connectivity index (χ1) is 16.5. The van der Waals surface area contributed by atoms with Crippen LogP contribution >= 0.6 is 11.6 Å². The summed E-state index contributed by atoms with van der Waals surface area (Å²) >= 11 is 6.62. The first-order valence-electron chi connectivity index (χ1n) is 11.0. The highest BCUT2D eigenvalue weighted by Crippen LogP contribution is 2.46. The molecule has 34 heavy (non-hydrogen) atoms. The number of allylic oxidation sites excluding steroid dienone is 1. The second-order valence-corrected chi connectivity index (χ2v) is 8.73. The summed E-state index contributed by atoms with van der Waals surface area (Å²) < 4.78 is 14.5. The summed E-state index contributed by atoms with van der Waals surface area (Å²) in [6.07, 6.45) is 7.76. The fraction of sp³-hybridized carbons (Fsp3) is 0.192. The van der Waals surface area contributed by atoms with Crippen molar-refractivity contribution in [2.75, 3.05) is 5.43 Å². The highest BCUT2D eigenvalue weighted by Gasteiger charge is 2.30. The summed E-state index contributed by atoms with van der Waals surface area (Å²) in [6.45, 7) is 0. The Bertz CT molecular complexity index is 1300. The summed E-state index contributed by atoms with van der Waals surface area (Å²) in [5.74, 6) is -0.774. The molecule has 6 nitrogen and oxygen atoms in total. The molecule has 0 saturated heterocycles. The van der Waals surface area contributed by atoms with Gasteiger partial charge in [-0.1, -0.05) is 30.2 Å². The van der Waals surface area contributed by atoms with Gasteiger partial charge >= 0.3 is 5.97 Å². The van der Waals surface area contributed by atoms with E-state index < -0.39 is 12.3 Å². The van der Waals surface area contributed by atoms with E-state index in [-0.39, 0.29) is 5.92 Å². The maximum atomic E-state index is 14.5. The molecular formula is C26H22ClFN4O2. The molecule has 1 atom stereocenters. The van der Waals surface area contributed by atoms with E-state index in [1.807, 2.05) is 30.3 Å². The van der Waals surface area contributed by atoms with Crippen LogP contribution in [0.5, 0.6) is 0 Å². The van der Waals surface area contributed by atoms with Crippen molar-refractivity contribution >= 4 is 40.5 Å². The fourth-order valence-corrected chi connectivity index (χ4v) is 4.57. The van der Waals surface area contributed by atoms with Crippen LogP contribution in [-0.4, -0.2) is 21.0 Å². The van der Waals surface area contributed by atoms with Gasteiger partial charge in [0, 0.05) is 29.6 Å². The molecule has 0 radical (unpaired) electrons. The lowest BCUT2D eigenvalue weighted by Gasteiger charge is -2.31. The molecule has 0 spiro atoms. The predicted molar refractivity (Wildman–Crippen MR) is 130 cm³/mol. The Hall–Kier alpha value is -3.55. The minimum Gasteiger partial charge on any atom is -0.478 e. The van der Waals surface area contributed by atoms with Crippen molar-refractivity contribution in [3.63, 3.8) is 0 Å². The van der Waals surface area contributed by atoms with Gasteiger partial charge in [0.15, 0.2) is 6.30 Å². The van der Waals surface area contributed by atoms with Gasteiger partial charge in [-0.2, -0.15) is 0 Å². The number of hydrogen-bond acceptors (Lipinski definition) is 5. The van der Waals surface area contributed by atoms with Crippen LogP contribution in [0.25, 0.3) is 17.2 Å². The van der Waals surface area contributed by atoms with Gasteiger partial charge in [0.2, 0.25) is 0 Å². The SMILES string of the molecule is O=C(O)/C=C/c1ccc(/C(=C(\c2ncccc2Cl)C2CCC2)c2ccc3c(c2)C(F)NN3)cn1. The molecule has 1 aliphatic heterocycles. The van der Waals surface area contributed by atoms with Gasteiger partial charge < -0.3 is 10.5 Å². The number of rotatable bonds is 6. The number of nitrogens with one attached hydrogen (secondary N) is 2. The Morgan fingerprint density at radius 2 is 1.97 bits per heavy atom. The number of aromatic nitrogens is 2. The lowest BCUT2D eigenvalue weighted by Crippen LogP contribution is -2.16. The fourth-order valence-electron chi connectivity index (χ4n) is 4.34. The molecule has 172 valence electrons. The quantitative estimate of drug-likeness (QED) is 0.304. The molecule has 1 unspecified atom stereocenters.